The van der Waals surface area contributed by atoms with Crippen molar-refractivity contribution in [3.63, 3.8) is 0 Å². The first-order chi connectivity index (χ1) is 4.79. The molecule has 0 radical (unpaired) electrons. The number of hydrogen-bond donors (Lipinski definition) is 1. The molecular formula is C8H13NO. The van der Waals surface area contributed by atoms with Crippen molar-refractivity contribution in [3.05, 3.63) is 29.6 Å². The smallest absolute Gasteiger partial charge is 0.0375 e. The quantitative estimate of drug-likeness (QED) is 0.587. The topological polar surface area (TPSA) is 33.1 Å². The predicted molar refractivity (Wildman–Crippen MR) is 41.9 cm³/mol. The lowest BCUT2D eigenvalue weighted by atomic mass is 10.3. The lowest BCUT2D eigenvalue weighted by Gasteiger charge is -1.90. The summed E-state index contributed by atoms with van der Waals surface area (Å²) in [6, 6.07) is 4.05. The molecule has 1 aromatic rings. The SMILES string of the molecule is CO.Cc1ccnc(C)c1. The van der Waals surface area contributed by atoms with Crippen LogP contribution in [0.5, 0.6) is 0 Å². The zero-order valence-corrected chi connectivity index (χ0v) is 6.63. The van der Waals surface area contributed by atoms with Crippen LogP contribution >= 0.6 is 0 Å². The fourth-order valence-corrected chi connectivity index (χ4v) is 0.687. The third-order valence-electron chi connectivity index (χ3n) is 1.05. The van der Waals surface area contributed by atoms with E-state index in [9.17, 15) is 0 Å². The Morgan fingerprint density at radius 1 is 1.30 bits per heavy atom. The van der Waals surface area contributed by atoms with Gasteiger partial charge in [-0.1, -0.05) is 0 Å². The van der Waals surface area contributed by atoms with Crippen LogP contribution in [-0.4, -0.2) is 17.2 Å². The Hall–Kier alpha value is -0.890. The molecule has 2 nitrogen and oxygen atoms in total. The number of rotatable bonds is 0. The van der Waals surface area contributed by atoms with E-state index in [2.05, 4.69) is 18.0 Å². The average molecular weight is 139 g/mol. The molecule has 0 aromatic carbocycles. The number of aromatic nitrogens is 1. The Morgan fingerprint density at radius 2 is 1.90 bits per heavy atom. The van der Waals surface area contributed by atoms with E-state index in [-0.39, 0.29) is 0 Å². The zero-order chi connectivity index (χ0) is 7.98. The maximum atomic E-state index is 7.00. The number of nitrogens with zero attached hydrogens (tertiary/aromatic N) is 1. The van der Waals surface area contributed by atoms with Crippen molar-refractivity contribution in [2.45, 2.75) is 13.8 Å². The van der Waals surface area contributed by atoms with Gasteiger partial charge < -0.3 is 5.11 Å². The van der Waals surface area contributed by atoms with E-state index in [1.54, 1.807) is 0 Å². The molecule has 1 rings (SSSR count). The van der Waals surface area contributed by atoms with E-state index < -0.39 is 0 Å². The molecule has 0 saturated heterocycles. The van der Waals surface area contributed by atoms with Crippen LogP contribution < -0.4 is 0 Å². The van der Waals surface area contributed by atoms with Crippen LogP contribution in [0.2, 0.25) is 0 Å². The van der Waals surface area contributed by atoms with Gasteiger partial charge >= 0.3 is 0 Å². The highest BCUT2D eigenvalue weighted by atomic mass is 16.2. The first-order valence-corrected chi connectivity index (χ1v) is 3.13. The molecule has 0 unspecified atom stereocenters. The van der Waals surface area contributed by atoms with Crippen molar-refractivity contribution >= 4 is 0 Å². The molecule has 2 heteroatoms. The van der Waals surface area contributed by atoms with E-state index in [1.165, 1.54) is 5.56 Å². The second-order valence-electron chi connectivity index (χ2n) is 1.97. The van der Waals surface area contributed by atoms with Crippen molar-refractivity contribution < 1.29 is 5.11 Å². The standard InChI is InChI=1S/C7H9N.CH4O/c1-6-3-4-8-7(2)5-6;1-2/h3-5H,1-2H3;2H,1H3. The zero-order valence-electron chi connectivity index (χ0n) is 6.63. The van der Waals surface area contributed by atoms with E-state index in [0.29, 0.717) is 0 Å². The van der Waals surface area contributed by atoms with Crippen LogP contribution in [0, 0.1) is 13.8 Å². The summed E-state index contributed by atoms with van der Waals surface area (Å²) < 4.78 is 0. The lowest BCUT2D eigenvalue weighted by molar-refractivity contribution is 0.399. The number of aliphatic hydroxyl groups is 1. The van der Waals surface area contributed by atoms with Crippen molar-refractivity contribution in [2.24, 2.45) is 0 Å². The van der Waals surface area contributed by atoms with Crippen LogP contribution in [0.1, 0.15) is 11.3 Å². The molecule has 10 heavy (non-hydrogen) atoms. The second-order valence-corrected chi connectivity index (χ2v) is 1.97. The molecule has 0 aliphatic rings. The maximum Gasteiger partial charge on any atom is 0.0375 e. The molecule has 0 bridgehead atoms. The third-order valence-corrected chi connectivity index (χ3v) is 1.05. The van der Waals surface area contributed by atoms with Gasteiger partial charge in [-0.05, 0) is 31.5 Å². The molecule has 0 amide bonds. The number of aliphatic hydroxyl groups excluding tert-OH is 1. The van der Waals surface area contributed by atoms with Gasteiger partial charge in [-0.3, -0.25) is 4.98 Å². The minimum atomic E-state index is 1.00. The summed E-state index contributed by atoms with van der Waals surface area (Å²) in [5.41, 5.74) is 2.36. The predicted octanol–water partition coefficient (Wildman–Crippen LogP) is 1.31. The van der Waals surface area contributed by atoms with Gasteiger partial charge in [0.05, 0.1) is 0 Å². The van der Waals surface area contributed by atoms with E-state index in [4.69, 9.17) is 5.11 Å². The lowest BCUT2D eigenvalue weighted by Crippen LogP contribution is -1.78. The van der Waals surface area contributed by atoms with Crippen LogP contribution in [0.25, 0.3) is 0 Å². The molecule has 0 aliphatic carbocycles. The third kappa shape index (κ3) is 3.20. The second kappa shape index (κ2) is 4.94. The van der Waals surface area contributed by atoms with Gasteiger partial charge in [-0.15, -0.1) is 0 Å². The van der Waals surface area contributed by atoms with Gasteiger partial charge in [0.2, 0.25) is 0 Å². The van der Waals surface area contributed by atoms with Crippen molar-refractivity contribution in [2.75, 3.05) is 7.11 Å². The Labute approximate surface area is 61.5 Å². The summed E-state index contributed by atoms with van der Waals surface area (Å²) in [4.78, 5) is 4.04. The minimum absolute atomic E-state index is 1.00. The largest absolute Gasteiger partial charge is 0.400 e. The van der Waals surface area contributed by atoms with Gasteiger partial charge in [-0.2, -0.15) is 0 Å². The fraction of sp³-hybridized carbons (Fsp3) is 0.375. The molecule has 56 valence electrons. The summed E-state index contributed by atoms with van der Waals surface area (Å²) >= 11 is 0. The van der Waals surface area contributed by atoms with Crippen LogP contribution in [0.15, 0.2) is 18.3 Å². The molecule has 0 spiro atoms. The summed E-state index contributed by atoms with van der Waals surface area (Å²) in [5, 5.41) is 7.00. The molecular weight excluding hydrogens is 126 g/mol. The summed E-state index contributed by atoms with van der Waals surface area (Å²) in [5.74, 6) is 0. The monoisotopic (exact) mass is 139 g/mol. The number of hydrogen-bond acceptors (Lipinski definition) is 2. The normalized spacial score (nSPS) is 8.00. The number of pyridine rings is 1. The van der Waals surface area contributed by atoms with Crippen molar-refractivity contribution in [3.8, 4) is 0 Å². The minimum Gasteiger partial charge on any atom is -0.400 e. The summed E-state index contributed by atoms with van der Waals surface area (Å²) in [6.07, 6.45) is 1.82. The van der Waals surface area contributed by atoms with Crippen molar-refractivity contribution in [1.29, 1.82) is 0 Å². The van der Waals surface area contributed by atoms with Gasteiger partial charge in [0.15, 0.2) is 0 Å². The highest BCUT2D eigenvalue weighted by Gasteiger charge is 1.82. The van der Waals surface area contributed by atoms with Gasteiger partial charge in [0.25, 0.3) is 0 Å². The molecule has 0 aliphatic heterocycles. The highest BCUT2D eigenvalue weighted by molar-refractivity contribution is 5.12. The molecule has 1 heterocycles. The Morgan fingerprint density at radius 3 is 2.20 bits per heavy atom. The van der Waals surface area contributed by atoms with Crippen LogP contribution in [0.3, 0.4) is 0 Å². The van der Waals surface area contributed by atoms with Gasteiger partial charge in [-0.25, -0.2) is 0 Å². The average Bonchev–Trinajstić information content (AvgIpc) is 1.91. The van der Waals surface area contributed by atoms with Gasteiger partial charge in [0, 0.05) is 19.0 Å². The molecule has 0 saturated carbocycles. The summed E-state index contributed by atoms with van der Waals surface area (Å²) in [6.45, 7) is 4.06. The first kappa shape index (κ1) is 9.11. The Bertz CT molecular complexity index is 169. The first-order valence-electron chi connectivity index (χ1n) is 3.13. The van der Waals surface area contributed by atoms with E-state index in [0.717, 1.165) is 12.8 Å². The Balaban J connectivity index is 0.000000371. The molecule has 0 atom stereocenters. The maximum absolute atomic E-state index is 7.00. The number of aryl methyl sites for hydroxylation is 2. The van der Waals surface area contributed by atoms with Crippen molar-refractivity contribution in [1.82, 2.24) is 4.98 Å². The van der Waals surface area contributed by atoms with E-state index >= 15 is 0 Å². The summed E-state index contributed by atoms with van der Waals surface area (Å²) in [7, 11) is 1.00. The highest BCUT2D eigenvalue weighted by Crippen LogP contribution is 1.95. The fourth-order valence-electron chi connectivity index (χ4n) is 0.687. The van der Waals surface area contributed by atoms with E-state index in [1.807, 2.05) is 19.2 Å². The molecule has 0 fully saturated rings. The van der Waals surface area contributed by atoms with Gasteiger partial charge in [0.1, 0.15) is 0 Å². The molecule has 1 aromatic heterocycles. The van der Waals surface area contributed by atoms with Crippen LogP contribution in [-0.2, 0) is 0 Å². The van der Waals surface area contributed by atoms with Crippen LogP contribution in [0.4, 0.5) is 0 Å². The molecule has 1 N–H and O–H groups in total. The Kier molecular flexibility index (Phi) is 4.50.